The van der Waals surface area contributed by atoms with Gasteiger partial charge in [-0.3, -0.25) is 9.52 Å². The van der Waals surface area contributed by atoms with Crippen molar-refractivity contribution in [2.75, 3.05) is 37.2 Å². The zero-order valence-electron chi connectivity index (χ0n) is 15.7. The minimum absolute atomic E-state index is 0.0862. The molecule has 7 heteroatoms. The van der Waals surface area contributed by atoms with Gasteiger partial charge in [0.25, 0.3) is 5.91 Å². The topological polar surface area (TPSA) is 69.7 Å². The van der Waals surface area contributed by atoms with Crippen LogP contribution in [0.15, 0.2) is 18.2 Å². The van der Waals surface area contributed by atoms with E-state index < -0.39 is 10.0 Å². The lowest BCUT2D eigenvalue weighted by Crippen LogP contribution is -2.48. The Labute approximate surface area is 156 Å². The van der Waals surface area contributed by atoms with E-state index >= 15 is 0 Å². The fourth-order valence-electron chi connectivity index (χ4n) is 4.01. The molecule has 0 radical (unpaired) electrons. The van der Waals surface area contributed by atoms with Crippen molar-refractivity contribution in [2.45, 2.75) is 45.1 Å². The van der Waals surface area contributed by atoms with E-state index in [0.29, 0.717) is 17.3 Å². The highest BCUT2D eigenvalue weighted by atomic mass is 32.2. The molecule has 0 saturated carbocycles. The molecule has 1 aromatic rings. The van der Waals surface area contributed by atoms with Crippen LogP contribution in [0.25, 0.3) is 0 Å². The number of carbonyl (C=O) groups excluding carboxylic acids is 1. The SMILES string of the molecule is Cc1ccc(NS(C)(=O)=O)c(C(=O)N2CCC(N3CCCCC3)CC2)c1. The Hall–Kier alpha value is -1.60. The van der Waals surface area contributed by atoms with Crippen molar-refractivity contribution in [3.05, 3.63) is 29.3 Å². The zero-order chi connectivity index (χ0) is 18.7. The second-order valence-electron chi connectivity index (χ2n) is 7.54. The number of sulfonamides is 1. The number of amides is 1. The molecule has 0 atom stereocenters. The van der Waals surface area contributed by atoms with Crippen LogP contribution >= 0.6 is 0 Å². The number of aryl methyl sites for hydroxylation is 1. The minimum Gasteiger partial charge on any atom is -0.338 e. The van der Waals surface area contributed by atoms with Gasteiger partial charge >= 0.3 is 0 Å². The molecule has 3 rings (SSSR count). The van der Waals surface area contributed by atoms with E-state index in [0.717, 1.165) is 37.8 Å². The maximum atomic E-state index is 13.0. The molecule has 1 N–H and O–H groups in total. The largest absolute Gasteiger partial charge is 0.338 e. The number of anilines is 1. The van der Waals surface area contributed by atoms with Gasteiger partial charge in [-0.15, -0.1) is 0 Å². The standard InChI is InChI=1S/C19H29N3O3S/c1-15-6-7-18(20-26(2,24)25)17(14-15)19(23)22-12-8-16(9-13-22)21-10-4-3-5-11-21/h6-7,14,16,20H,3-5,8-13H2,1-2H3. The maximum absolute atomic E-state index is 13.0. The highest BCUT2D eigenvalue weighted by molar-refractivity contribution is 7.92. The van der Waals surface area contributed by atoms with Crippen molar-refractivity contribution in [1.29, 1.82) is 0 Å². The van der Waals surface area contributed by atoms with E-state index in [-0.39, 0.29) is 5.91 Å². The van der Waals surface area contributed by atoms with Gasteiger partial charge in [-0.05, 0) is 57.8 Å². The molecule has 2 heterocycles. The molecule has 2 fully saturated rings. The van der Waals surface area contributed by atoms with Gasteiger partial charge in [0.1, 0.15) is 0 Å². The van der Waals surface area contributed by atoms with Crippen molar-refractivity contribution in [1.82, 2.24) is 9.80 Å². The van der Waals surface area contributed by atoms with E-state index in [1.165, 1.54) is 32.4 Å². The lowest BCUT2D eigenvalue weighted by atomic mass is 9.99. The van der Waals surface area contributed by atoms with Crippen LogP contribution in [0.4, 0.5) is 5.69 Å². The summed E-state index contributed by atoms with van der Waals surface area (Å²) in [4.78, 5) is 17.5. The van der Waals surface area contributed by atoms with E-state index in [9.17, 15) is 13.2 Å². The number of likely N-dealkylation sites (tertiary alicyclic amines) is 2. The van der Waals surface area contributed by atoms with Crippen molar-refractivity contribution >= 4 is 21.6 Å². The number of hydrogen-bond acceptors (Lipinski definition) is 4. The molecule has 2 aliphatic heterocycles. The average molecular weight is 380 g/mol. The van der Waals surface area contributed by atoms with Crippen LogP contribution in [-0.2, 0) is 10.0 Å². The summed E-state index contributed by atoms with van der Waals surface area (Å²) in [5.74, 6) is -0.0862. The van der Waals surface area contributed by atoms with Crippen LogP contribution < -0.4 is 4.72 Å². The molecule has 0 unspecified atom stereocenters. The number of benzene rings is 1. The van der Waals surface area contributed by atoms with Gasteiger partial charge in [0, 0.05) is 19.1 Å². The highest BCUT2D eigenvalue weighted by Crippen LogP contribution is 2.25. The van der Waals surface area contributed by atoms with Gasteiger partial charge < -0.3 is 9.80 Å². The lowest BCUT2D eigenvalue weighted by molar-refractivity contribution is 0.0591. The first-order valence-electron chi connectivity index (χ1n) is 9.45. The number of nitrogens with zero attached hydrogens (tertiary/aromatic N) is 2. The van der Waals surface area contributed by atoms with Gasteiger partial charge in [0.15, 0.2) is 0 Å². The average Bonchev–Trinajstić information content (AvgIpc) is 2.62. The Morgan fingerprint density at radius 3 is 2.35 bits per heavy atom. The Balaban J connectivity index is 1.69. The number of carbonyl (C=O) groups is 1. The highest BCUT2D eigenvalue weighted by Gasteiger charge is 2.29. The monoisotopic (exact) mass is 379 g/mol. The smallest absolute Gasteiger partial charge is 0.255 e. The molecule has 0 aliphatic carbocycles. The van der Waals surface area contributed by atoms with Crippen LogP contribution in [0, 0.1) is 6.92 Å². The summed E-state index contributed by atoms with van der Waals surface area (Å²) in [5.41, 5.74) is 1.74. The van der Waals surface area contributed by atoms with Gasteiger partial charge in [0.2, 0.25) is 10.0 Å². The summed E-state index contributed by atoms with van der Waals surface area (Å²) in [7, 11) is -3.43. The predicted molar refractivity (Wildman–Crippen MR) is 104 cm³/mol. The van der Waals surface area contributed by atoms with E-state index in [1.54, 1.807) is 12.1 Å². The van der Waals surface area contributed by atoms with Crippen molar-refractivity contribution in [3.63, 3.8) is 0 Å². The molecule has 0 spiro atoms. The molecule has 26 heavy (non-hydrogen) atoms. The van der Waals surface area contributed by atoms with Gasteiger partial charge in [-0.1, -0.05) is 18.1 Å². The van der Waals surface area contributed by atoms with Crippen molar-refractivity contribution in [3.8, 4) is 0 Å². The summed E-state index contributed by atoms with van der Waals surface area (Å²) in [5, 5.41) is 0. The number of hydrogen-bond donors (Lipinski definition) is 1. The molecule has 0 bridgehead atoms. The fourth-order valence-corrected chi connectivity index (χ4v) is 4.59. The van der Waals surface area contributed by atoms with Crippen LogP contribution in [0.5, 0.6) is 0 Å². The first-order valence-corrected chi connectivity index (χ1v) is 11.3. The fraction of sp³-hybridized carbons (Fsp3) is 0.632. The van der Waals surface area contributed by atoms with Crippen LogP contribution in [-0.4, -0.2) is 62.6 Å². The minimum atomic E-state index is -3.43. The summed E-state index contributed by atoms with van der Waals surface area (Å²) < 4.78 is 25.7. The molecule has 1 aromatic carbocycles. The predicted octanol–water partition coefficient (Wildman–Crippen LogP) is 2.46. The number of piperidine rings is 2. The third-order valence-corrected chi connectivity index (χ3v) is 5.95. The Bertz CT molecular complexity index is 749. The lowest BCUT2D eigenvalue weighted by Gasteiger charge is -2.40. The van der Waals surface area contributed by atoms with Crippen molar-refractivity contribution in [2.24, 2.45) is 0 Å². The molecule has 0 aromatic heterocycles. The third-order valence-electron chi connectivity index (χ3n) is 5.36. The first-order chi connectivity index (χ1) is 12.3. The van der Waals surface area contributed by atoms with E-state index in [2.05, 4.69) is 9.62 Å². The molecule has 6 nitrogen and oxygen atoms in total. The summed E-state index contributed by atoms with van der Waals surface area (Å²) in [6.07, 6.45) is 6.98. The normalized spacial score (nSPS) is 20.2. The van der Waals surface area contributed by atoms with Crippen molar-refractivity contribution < 1.29 is 13.2 Å². The Morgan fingerprint density at radius 1 is 1.08 bits per heavy atom. The molecule has 144 valence electrons. The summed E-state index contributed by atoms with van der Waals surface area (Å²) in [6, 6.07) is 5.83. The molecule has 2 aliphatic rings. The van der Waals surface area contributed by atoms with Crippen LogP contribution in [0.2, 0.25) is 0 Å². The van der Waals surface area contributed by atoms with E-state index in [4.69, 9.17) is 0 Å². The third kappa shape index (κ3) is 4.76. The quantitative estimate of drug-likeness (QED) is 0.872. The molecule has 1 amide bonds. The van der Waals surface area contributed by atoms with Gasteiger partial charge in [0.05, 0.1) is 17.5 Å². The van der Waals surface area contributed by atoms with E-state index in [1.807, 2.05) is 17.9 Å². The zero-order valence-corrected chi connectivity index (χ0v) is 16.5. The maximum Gasteiger partial charge on any atom is 0.255 e. The summed E-state index contributed by atoms with van der Waals surface area (Å²) in [6.45, 7) is 5.72. The van der Waals surface area contributed by atoms with Crippen LogP contribution in [0.1, 0.15) is 48.0 Å². The summed E-state index contributed by atoms with van der Waals surface area (Å²) >= 11 is 0. The van der Waals surface area contributed by atoms with Crippen LogP contribution in [0.3, 0.4) is 0 Å². The van der Waals surface area contributed by atoms with Gasteiger partial charge in [-0.25, -0.2) is 8.42 Å². The molecular weight excluding hydrogens is 350 g/mol. The van der Waals surface area contributed by atoms with Gasteiger partial charge in [-0.2, -0.15) is 0 Å². The Morgan fingerprint density at radius 2 is 1.73 bits per heavy atom. The number of nitrogens with one attached hydrogen (secondary N) is 1. The number of rotatable bonds is 4. The Kier molecular flexibility index (Phi) is 5.87. The molecular formula is C19H29N3O3S. The first kappa shape index (κ1) is 19.2. The molecule has 2 saturated heterocycles. The second-order valence-corrected chi connectivity index (χ2v) is 9.29. The second kappa shape index (κ2) is 7.96.